The van der Waals surface area contributed by atoms with Crippen molar-refractivity contribution in [1.29, 1.82) is 0 Å². The van der Waals surface area contributed by atoms with Crippen LogP contribution in [-0.4, -0.2) is 31.2 Å². The number of aromatic nitrogens is 1. The number of aliphatic hydroxyl groups excluding tert-OH is 1. The summed E-state index contributed by atoms with van der Waals surface area (Å²) in [7, 11) is -4.34. The van der Waals surface area contributed by atoms with E-state index >= 15 is 0 Å². The second kappa shape index (κ2) is 6.57. The summed E-state index contributed by atoms with van der Waals surface area (Å²) in [5.41, 5.74) is -2.26. The number of H-pyrrole nitrogens is 1. The van der Waals surface area contributed by atoms with Crippen molar-refractivity contribution in [2.24, 2.45) is 17.8 Å². The van der Waals surface area contributed by atoms with E-state index in [1.807, 2.05) is 0 Å². The molecule has 4 unspecified atom stereocenters. The number of aliphatic hydroxyl groups is 1. The topological polar surface area (TPSA) is 96.5 Å². The number of nitrogens with one attached hydrogen (secondary N) is 1. The van der Waals surface area contributed by atoms with Crippen molar-refractivity contribution < 1.29 is 30.9 Å². The average Bonchev–Trinajstić information content (AvgIpc) is 3.20. The van der Waals surface area contributed by atoms with E-state index < -0.39 is 43.8 Å². The number of fused-ring (bicyclic) bond motifs is 3. The first-order valence-electron chi connectivity index (χ1n) is 8.88. The minimum absolute atomic E-state index is 0.0134. The van der Waals surface area contributed by atoms with Crippen LogP contribution in [0.2, 0.25) is 0 Å². The van der Waals surface area contributed by atoms with Crippen molar-refractivity contribution in [3.8, 4) is 0 Å². The highest BCUT2D eigenvalue weighted by atomic mass is 32.2. The molecule has 28 heavy (non-hydrogen) atoms. The van der Waals surface area contributed by atoms with Crippen molar-refractivity contribution in [3.05, 3.63) is 40.2 Å². The van der Waals surface area contributed by atoms with E-state index in [4.69, 9.17) is 4.18 Å². The molecule has 152 valence electrons. The zero-order valence-electron chi connectivity index (χ0n) is 14.6. The van der Waals surface area contributed by atoms with Crippen molar-refractivity contribution in [2.45, 2.75) is 36.4 Å². The molecule has 6 nitrogen and oxygen atoms in total. The molecule has 1 aromatic carbocycles. The van der Waals surface area contributed by atoms with Crippen LogP contribution in [0.25, 0.3) is 10.9 Å². The molecule has 1 aromatic heterocycles. The fourth-order valence-corrected chi connectivity index (χ4v) is 5.79. The number of alkyl halides is 3. The third kappa shape index (κ3) is 3.23. The molecule has 4 rings (SSSR count). The van der Waals surface area contributed by atoms with E-state index in [1.165, 1.54) is 0 Å². The van der Waals surface area contributed by atoms with E-state index in [-0.39, 0.29) is 29.9 Å². The van der Waals surface area contributed by atoms with E-state index in [0.717, 1.165) is 37.5 Å². The molecular weight excluding hydrogens is 399 g/mol. The number of benzene rings is 1. The van der Waals surface area contributed by atoms with E-state index in [9.17, 15) is 31.5 Å². The van der Waals surface area contributed by atoms with Gasteiger partial charge in [-0.15, -0.1) is 0 Å². The summed E-state index contributed by atoms with van der Waals surface area (Å²) in [5, 5.41) is 9.16. The summed E-state index contributed by atoms with van der Waals surface area (Å²) in [4.78, 5) is 13.3. The molecule has 4 atom stereocenters. The minimum atomic E-state index is -4.82. The first-order valence-corrected chi connectivity index (χ1v) is 10.3. The van der Waals surface area contributed by atoms with Crippen LogP contribution in [-0.2, 0) is 20.5 Å². The monoisotopic (exact) mass is 417 g/mol. The van der Waals surface area contributed by atoms with Gasteiger partial charge in [-0.25, -0.2) is 0 Å². The Bertz CT molecular complexity index is 1080. The number of rotatable bonds is 4. The Kier molecular flexibility index (Phi) is 4.55. The van der Waals surface area contributed by atoms with E-state index in [1.54, 1.807) is 0 Å². The molecule has 0 radical (unpaired) electrons. The summed E-state index contributed by atoms with van der Waals surface area (Å²) in [5.74, 6) is -0.0794. The van der Waals surface area contributed by atoms with E-state index in [0.29, 0.717) is 6.07 Å². The Morgan fingerprint density at radius 1 is 1.18 bits per heavy atom. The summed E-state index contributed by atoms with van der Waals surface area (Å²) in [6.07, 6.45) is -3.00. The molecule has 0 saturated heterocycles. The minimum Gasteiger partial charge on any atom is -0.396 e. The van der Waals surface area contributed by atoms with Crippen LogP contribution in [0.15, 0.2) is 34.0 Å². The number of hydrogen-bond donors (Lipinski definition) is 2. The Morgan fingerprint density at radius 2 is 1.89 bits per heavy atom. The van der Waals surface area contributed by atoms with Crippen molar-refractivity contribution in [3.63, 3.8) is 0 Å². The van der Waals surface area contributed by atoms with Gasteiger partial charge in [-0.05, 0) is 49.3 Å². The molecular formula is C18H18F3NO5S. The van der Waals surface area contributed by atoms with E-state index in [2.05, 4.69) is 4.98 Å². The summed E-state index contributed by atoms with van der Waals surface area (Å²) < 4.78 is 70.7. The third-order valence-corrected chi connectivity index (χ3v) is 7.17. The molecule has 0 spiro atoms. The highest BCUT2D eigenvalue weighted by Crippen LogP contribution is 2.50. The highest BCUT2D eigenvalue weighted by molar-refractivity contribution is 7.86. The Labute approximate surface area is 158 Å². The van der Waals surface area contributed by atoms with Crippen LogP contribution in [0.1, 0.15) is 24.8 Å². The fourth-order valence-electron chi connectivity index (χ4n) is 4.59. The second-order valence-corrected chi connectivity index (χ2v) is 9.02. The van der Waals surface area contributed by atoms with Gasteiger partial charge >= 0.3 is 6.18 Å². The van der Waals surface area contributed by atoms with Gasteiger partial charge in [0, 0.05) is 29.5 Å². The lowest BCUT2D eigenvalue weighted by molar-refractivity contribution is -0.136. The lowest BCUT2D eigenvalue weighted by atomic mass is 9.87. The SMILES string of the molecule is O=c1cc(C(F)(F)F)c2cc(S(=O)(=O)OC3C4CCC(C4)C3CO)ccc2[nH]1. The molecule has 2 aromatic rings. The number of hydrogen-bond acceptors (Lipinski definition) is 5. The van der Waals surface area contributed by atoms with Gasteiger partial charge in [-0.1, -0.05) is 0 Å². The molecule has 1 heterocycles. The molecule has 0 amide bonds. The summed E-state index contributed by atoms with van der Waals surface area (Å²) in [6.45, 7) is -0.196. The molecule has 0 aliphatic heterocycles. The second-order valence-electron chi connectivity index (χ2n) is 7.45. The van der Waals surface area contributed by atoms with Gasteiger partial charge in [0.2, 0.25) is 5.56 Å². The highest BCUT2D eigenvalue weighted by Gasteiger charge is 2.49. The Morgan fingerprint density at radius 3 is 2.57 bits per heavy atom. The predicted molar refractivity (Wildman–Crippen MR) is 93.0 cm³/mol. The first kappa shape index (κ1) is 19.4. The van der Waals surface area contributed by atoms with Crippen molar-refractivity contribution in [2.75, 3.05) is 6.61 Å². The molecule has 10 heteroatoms. The maximum Gasteiger partial charge on any atom is 0.417 e. The number of aromatic amines is 1. The zero-order chi connectivity index (χ0) is 20.3. The summed E-state index contributed by atoms with van der Waals surface area (Å²) in [6, 6.07) is 3.49. The van der Waals surface area contributed by atoms with Gasteiger partial charge in [0.25, 0.3) is 10.1 Å². The van der Waals surface area contributed by atoms with Crippen LogP contribution >= 0.6 is 0 Å². The predicted octanol–water partition coefficient (Wildman–Crippen LogP) is 2.66. The first-order chi connectivity index (χ1) is 13.1. The third-order valence-electron chi connectivity index (χ3n) is 5.86. The van der Waals surface area contributed by atoms with Gasteiger partial charge in [0.15, 0.2) is 0 Å². The smallest absolute Gasteiger partial charge is 0.396 e. The maximum atomic E-state index is 13.3. The van der Waals surface area contributed by atoms with Gasteiger partial charge < -0.3 is 10.1 Å². The van der Waals surface area contributed by atoms with Gasteiger partial charge in [0.05, 0.1) is 16.6 Å². The molecule has 2 fully saturated rings. The Balaban J connectivity index is 1.74. The van der Waals surface area contributed by atoms with Crippen molar-refractivity contribution >= 4 is 21.0 Å². The zero-order valence-corrected chi connectivity index (χ0v) is 15.4. The number of halogens is 3. The molecule has 2 bridgehead atoms. The Hall–Kier alpha value is -1.91. The quantitative estimate of drug-likeness (QED) is 0.746. The van der Waals surface area contributed by atoms with Crippen LogP contribution < -0.4 is 5.56 Å². The average molecular weight is 417 g/mol. The van der Waals surface area contributed by atoms with Gasteiger partial charge in [-0.2, -0.15) is 21.6 Å². The number of pyridine rings is 1. The van der Waals surface area contributed by atoms with Crippen molar-refractivity contribution in [1.82, 2.24) is 4.98 Å². The lowest BCUT2D eigenvalue weighted by Gasteiger charge is -2.29. The van der Waals surface area contributed by atoms with Gasteiger partial charge in [0.1, 0.15) is 0 Å². The van der Waals surface area contributed by atoms with Crippen LogP contribution in [0.5, 0.6) is 0 Å². The largest absolute Gasteiger partial charge is 0.417 e. The fraction of sp³-hybridized carbons (Fsp3) is 0.500. The van der Waals surface area contributed by atoms with Crippen LogP contribution in [0.4, 0.5) is 13.2 Å². The normalized spacial score (nSPS) is 27.6. The molecule has 2 aliphatic rings. The van der Waals surface area contributed by atoms with Crippen LogP contribution in [0.3, 0.4) is 0 Å². The molecule has 2 N–H and O–H groups in total. The standard InChI is InChI=1S/C18H18F3NO5S/c19-18(20,21)14-7-16(24)22-15-4-3-11(6-12(14)15)28(25,26)27-17-10-2-1-9(5-10)13(17)8-23/h3-4,6-7,9-10,13,17,23H,1-2,5,8H2,(H,22,24). The van der Waals surface area contributed by atoms with Gasteiger partial charge in [-0.3, -0.25) is 8.98 Å². The maximum absolute atomic E-state index is 13.3. The molecule has 2 saturated carbocycles. The lowest BCUT2D eigenvalue weighted by Crippen LogP contribution is -2.34. The molecule has 2 aliphatic carbocycles. The summed E-state index contributed by atoms with van der Waals surface area (Å²) >= 11 is 0. The van der Waals surface area contributed by atoms with Crippen LogP contribution in [0, 0.1) is 17.8 Å².